The number of para-hydroxylation sites is 1. The van der Waals surface area contributed by atoms with Gasteiger partial charge in [-0.05, 0) is 55.8 Å². The van der Waals surface area contributed by atoms with Crippen molar-refractivity contribution in [2.45, 2.75) is 19.4 Å². The van der Waals surface area contributed by atoms with Crippen molar-refractivity contribution in [2.24, 2.45) is 5.92 Å². The molecule has 0 radical (unpaired) electrons. The van der Waals surface area contributed by atoms with Crippen LogP contribution in [0.15, 0.2) is 54.6 Å². The molecule has 1 fully saturated rings. The Labute approximate surface area is 167 Å². The first-order valence-corrected chi connectivity index (χ1v) is 10.0. The molecule has 0 unspecified atom stereocenters. The minimum absolute atomic E-state index is 0.133. The zero-order valence-corrected chi connectivity index (χ0v) is 16.7. The van der Waals surface area contributed by atoms with Crippen LogP contribution in [0, 0.1) is 5.92 Å². The van der Waals surface area contributed by atoms with Gasteiger partial charge in [0, 0.05) is 43.3 Å². The highest BCUT2D eigenvalue weighted by Crippen LogP contribution is 2.20. The summed E-state index contributed by atoms with van der Waals surface area (Å²) in [4.78, 5) is 17.0. The Morgan fingerprint density at radius 1 is 1.11 bits per heavy atom. The number of hydrogen-bond donors (Lipinski definition) is 1. The third-order valence-corrected chi connectivity index (χ3v) is 5.47. The summed E-state index contributed by atoms with van der Waals surface area (Å²) in [5.41, 5.74) is 2.44. The molecule has 5 heteroatoms. The van der Waals surface area contributed by atoms with Crippen molar-refractivity contribution < 1.29 is 4.79 Å². The van der Waals surface area contributed by atoms with E-state index in [1.165, 1.54) is 11.3 Å². The minimum atomic E-state index is 0.133. The van der Waals surface area contributed by atoms with E-state index >= 15 is 0 Å². The molecule has 0 saturated carbocycles. The van der Waals surface area contributed by atoms with Crippen LogP contribution in [-0.4, -0.2) is 44.0 Å². The molecule has 1 aliphatic heterocycles. The summed E-state index contributed by atoms with van der Waals surface area (Å²) in [5, 5.41) is 3.88. The van der Waals surface area contributed by atoms with Gasteiger partial charge in [-0.3, -0.25) is 9.69 Å². The lowest BCUT2D eigenvalue weighted by Gasteiger charge is -2.31. The van der Waals surface area contributed by atoms with Gasteiger partial charge in [-0.25, -0.2) is 0 Å². The van der Waals surface area contributed by atoms with Gasteiger partial charge < -0.3 is 10.2 Å². The number of likely N-dealkylation sites (N-methyl/N-ethyl adjacent to an activating group) is 1. The van der Waals surface area contributed by atoms with Crippen LogP contribution in [0.2, 0.25) is 5.02 Å². The fourth-order valence-electron chi connectivity index (χ4n) is 3.50. The van der Waals surface area contributed by atoms with Crippen molar-refractivity contribution in [3.8, 4) is 0 Å². The third-order valence-electron chi connectivity index (χ3n) is 5.22. The average Bonchev–Trinajstić information content (AvgIpc) is 2.71. The highest BCUT2D eigenvalue weighted by Gasteiger charge is 2.24. The first kappa shape index (κ1) is 19.7. The molecule has 1 saturated heterocycles. The molecule has 27 heavy (non-hydrogen) atoms. The number of piperidine rings is 1. The topological polar surface area (TPSA) is 35.6 Å². The Morgan fingerprint density at radius 3 is 2.44 bits per heavy atom. The summed E-state index contributed by atoms with van der Waals surface area (Å²) in [6, 6.07) is 18.3. The van der Waals surface area contributed by atoms with Gasteiger partial charge in [0.15, 0.2) is 0 Å². The summed E-state index contributed by atoms with van der Waals surface area (Å²) >= 11 is 5.94. The molecule has 0 aliphatic carbocycles. The van der Waals surface area contributed by atoms with Crippen LogP contribution in [0.4, 0.5) is 5.69 Å². The maximum Gasteiger partial charge on any atom is 0.223 e. The lowest BCUT2D eigenvalue weighted by molar-refractivity contribution is -0.126. The summed E-state index contributed by atoms with van der Waals surface area (Å²) in [6.07, 6.45) is 1.85. The standard InChI is InChI=1S/C22H28ClN3O/c1-25(21-5-3-2-4-6-21)16-13-24-22(27)19-11-14-26(15-12-19)17-18-7-9-20(23)10-8-18/h2-10,19H,11-17H2,1H3,(H,24,27). The SMILES string of the molecule is CN(CCNC(=O)C1CCN(Cc2ccc(Cl)cc2)CC1)c1ccccc1. The van der Waals surface area contributed by atoms with E-state index in [-0.39, 0.29) is 11.8 Å². The van der Waals surface area contributed by atoms with Crippen molar-refractivity contribution in [3.63, 3.8) is 0 Å². The smallest absolute Gasteiger partial charge is 0.223 e. The van der Waals surface area contributed by atoms with E-state index in [1.54, 1.807) is 0 Å². The number of carbonyl (C=O) groups is 1. The van der Waals surface area contributed by atoms with E-state index in [0.717, 1.165) is 44.0 Å². The van der Waals surface area contributed by atoms with Crippen LogP contribution in [0.3, 0.4) is 0 Å². The molecule has 0 spiro atoms. The average molecular weight is 386 g/mol. The van der Waals surface area contributed by atoms with Crippen molar-refractivity contribution in [2.75, 3.05) is 38.1 Å². The van der Waals surface area contributed by atoms with Crippen LogP contribution in [0.5, 0.6) is 0 Å². The zero-order chi connectivity index (χ0) is 19.1. The maximum atomic E-state index is 12.5. The molecule has 0 atom stereocenters. The second kappa shape index (κ2) is 9.77. The number of halogens is 1. The van der Waals surface area contributed by atoms with Gasteiger partial charge in [0.1, 0.15) is 0 Å². The Hall–Kier alpha value is -2.04. The molecule has 0 bridgehead atoms. The van der Waals surface area contributed by atoms with Crippen LogP contribution in [0.1, 0.15) is 18.4 Å². The third kappa shape index (κ3) is 5.98. The van der Waals surface area contributed by atoms with Crippen molar-refractivity contribution in [1.82, 2.24) is 10.2 Å². The molecule has 3 rings (SSSR count). The highest BCUT2D eigenvalue weighted by molar-refractivity contribution is 6.30. The van der Waals surface area contributed by atoms with E-state index in [9.17, 15) is 4.79 Å². The molecule has 2 aromatic carbocycles. The zero-order valence-electron chi connectivity index (χ0n) is 15.9. The Kier molecular flexibility index (Phi) is 7.13. The Bertz CT molecular complexity index is 712. The first-order chi connectivity index (χ1) is 13.1. The molecule has 1 N–H and O–H groups in total. The number of likely N-dealkylation sites (tertiary alicyclic amines) is 1. The van der Waals surface area contributed by atoms with Gasteiger partial charge in [-0.15, -0.1) is 0 Å². The van der Waals surface area contributed by atoms with E-state index in [2.05, 4.69) is 46.4 Å². The van der Waals surface area contributed by atoms with Crippen molar-refractivity contribution >= 4 is 23.2 Å². The molecule has 4 nitrogen and oxygen atoms in total. The van der Waals surface area contributed by atoms with Crippen molar-refractivity contribution in [1.29, 1.82) is 0 Å². The summed E-state index contributed by atoms with van der Waals surface area (Å²) in [7, 11) is 2.05. The Morgan fingerprint density at radius 2 is 1.78 bits per heavy atom. The van der Waals surface area contributed by atoms with Gasteiger partial charge in [-0.2, -0.15) is 0 Å². The summed E-state index contributed by atoms with van der Waals surface area (Å²) in [5.74, 6) is 0.330. The lowest BCUT2D eigenvalue weighted by Crippen LogP contribution is -2.42. The summed E-state index contributed by atoms with van der Waals surface area (Å²) in [6.45, 7) is 4.34. The van der Waals surface area contributed by atoms with Crippen LogP contribution in [0.25, 0.3) is 0 Å². The summed E-state index contributed by atoms with van der Waals surface area (Å²) < 4.78 is 0. The van der Waals surface area contributed by atoms with E-state index in [1.807, 2.05) is 30.3 Å². The van der Waals surface area contributed by atoms with Crippen LogP contribution >= 0.6 is 11.6 Å². The normalized spacial score (nSPS) is 15.5. The monoisotopic (exact) mass is 385 g/mol. The van der Waals surface area contributed by atoms with Gasteiger partial charge in [0.05, 0.1) is 0 Å². The lowest BCUT2D eigenvalue weighted by atomic mass is 9.95. The van der Waals surface area contributed by atoms with Crippen LogP contribution in [-0.2, 0) is 11.3 Å². The van der Waals surface area contributed by atoms with E-state index < -0.39 is 0 Å². The number of nitrogens with zero attached hydrogens (tertiary/aromatic N) is 2. The number of nitrogens with one attached hydrogen (secondary N) is 1. The van der Waals surface area contributed by atoms with Crippen molar-refractivity contribution in [3.05, 3.63) is 65.2 Å². The highest BCUT2D eigenvalue weighted by atomic mass is 35.5. The largest absolute Gasteiger partial charge is 0.373 e. The van der Waals surface area contributed by atoms with E-state index in [0.29, 0.717) is 6.54 Å². The molecular weight excluding hydrogens is 358 g/mol. The predicted octanol–water partition coefficient (Wildman–Crippen LogP) is 3.80. The van der Waals surface area contributed by atoms with Crippen LogP contribution < -0.4 is 10.2 Å². The molecular formula is C22H28ClN3O. The molecule has 144 valence electrons. The molecule has 2 aromatic rings. The quantitative estimate of drug-likeness (QED) is 0.787. The minimum Gasteiger partial charge on any atom is -0.373 e. The van der Waals surface area contributed by atoms with Gasteiger partial charge in [0.25, 0.3) is 0 Å². The fourth-order valence-corrected chi connectivity index (χ4v) is 3.63. The number of anilines is 1. The number of carbonyl (C=O) groups excluding carboxylic acids is 1. The number of hydrogen-bond acceptors (Lipinski definition) is 3. The van der Waals surface area contributed by atoms with Gasteiger partial charge in [-0.1, -0.05) is 41.9 Å². The molecule has 0 aromatic heterocycles. The number of benzene rings is 2. The maximum absolute atomic E-state index is 12.5. The van der Waals surface area contributed by atoms with E-state index in [4.69, 9.17) is 11.6 Å². The predicted molar refractivity (Wildman–Crippen MR) is 112 cm³/mol. The van der Waals surface area contributed by atoms with Gasteiger partial charge >= 0.3 is 0 Å². The Balaban J connectivity index is 1.36. The second-order valence-corrected chi connectivity index (χ2v) is 7.66. The number of rotatable bonds is 7. The molecule has 1 amide bonds. The first-order valence-electron chi connectivity index (χ1n) is 9.62. The fraction of sp³-hybridized carbons (Fsp3) is 0.409. The molecule has 1 aliphatic rings. The second-order valence-electron chi connectivity index (χ2n) is 7.23. The van der Waals surface area contributed by atoms with Gasteiger partial charge in [0.2, 0.25) is 5.91 Å². The number of amides is 1. The molecule has 1 heterocycles.